The minimum atomic E-state index is -0.253. The van der Waals surface area contributed by atoms with E-state index in [1.54, 1.807) is 24.5 Å². The Balaban J connectivity index is 1.58. The fraction of sp³-hybridized carbons (Fsp3) is 0.278. The quantitative estimate of drug-likeness (QED) is 0.545. The van der Waals surface area contributed by atoms with Gasteiger partial charge in [0.25, 0.3) is 0 Å². The number of nitrogens with one attached hydrogen (secondary N) is 2. The van der Waals surface area contributed by atoms with Gasteiger partial charge in [-0.1, -0.05) is 6.07 Å². The van der Waals surface area contributed by atoms with Crippen molar-refractivity contribution in [3.63, 3.8) is 0 Å². The second kappa shape index (κ2) is 7.49. The zero-order chi connectivity index (χ0) is 16.9. The second-order valence-corrected chi connectivity index (χ2v) is 6.50. The fourth-order valence-electron chi connectivity index (χ4n) is 2.56. The van der Waals surface area contributed by atoms with E-state index in [9.17, 15) is 4.39 Å². The van der Waals surface area contributed by atoms with E-state index in [-0.39, 0.29) is 5.82 Å². The Kier molecular flexibility index (Phi) is 5.15. The molecule has 3 aromatic rings. The van der Waals surface area contributed by atoms with E-state index in [0.29, 0.717) is 12.1 Å². The van der Waals surface area contributed by atoms with E-state index in [4.69, 9.17) is 4.42 Å². The molecule has 0 amide bonds. The molecule has 0 saturated heterocycles. The molecule has 0 radical (unpaired) electrons. The molecule has 4 nitrogen and oxygen atoms in total. The lowest BCUT2D eigenvalue weighted by Crippen LogP contribution is -2.37. The third kappa shape index (κ3) is 3.76. The van der Waals surface area contributed by atoms with Gasteiger partial charge in [-0.2, -0.15) is 0 Å². The molecule has 24 heavy (non-hydrogen) atoms. The van der Waals surface area contributed by atoms with Gasteiger partial charge in [0.2, 0.25) is 0 Å². The number of aryl methyl sites for hydroxylation is 1. The van der Waals surface area contributed by atoms with Gasteiger partial charge in [-0.3, -0.25) is 4.99 Å². The summed E-state index contributed by atoms with van der Waals surface area (Å²) < 4.78 is 19.2. The lowest BCUT2D eigenvalue weighted by molar-refractivity contribution is 0.534. The van der Waals surface area contributed by atoms with Crippen molar-refractivity contribution in [2.24, 2.45) is 4.99 Å². The maximum absolute atomic E-state index is 13.4. The van der Waals surface area contributed by atoms with E-state index in [2.05, 4.69) is 33.1 Å². The average Bonchev–Trinajstić information content (AvgIpc) is 3.20. The van der Waals surface area contributed by atoms with Gasteiger partial charge < -0.3 is 15.1 Å². The van der Waals surface area contributed by atoms with Crippen molar-refractivity contribution < 1.29 is 8.81 Å². The molecule has 0 spiro atoms. The molecular weight excluding hydrogens is 325 g/mol. The van der Waals surface area contributed by atoms with Crippen LogP contribution in [0.1, 0.15) is 16.2 Å². The van der Waals surface area contributed by atoms with Crippen LogP contribution in [0.15, 0.2) is 45.1 Å². The first-order valence-corrected chi connectivity index (χ1v) is 8.70. The molecule has 6 heteroatoms. The topological polar surface area (TPSA) is 49.6 Å². The first-order valence-electron chi connectivity index (χ1n) is 7.82. The summed E-state index contributed by atoms with van der Waals surface area (Å²) in [6, 6.07) is 8.76. The van der Waals surface area contributed by atoms with Crippen LogP contribution in [0.2, 0.25) is 0 Å². The number of rotatable bonds is 5. The van der Waals surface area contributed by atoms with Crippen LogP contribution in [0.25, 0.3) is 11.0 Å². The number of furan rings is 1. The maximum atomic E-state index is 13.4. The van der Waals surface area contributed by atoms with Crippen molar-refractivity contribution in [3.8, 4) is 0 Å². The van der Waals surface area contributed by atoms with E-state index in [1.807, 2.05) is 6.92 Å². The molecule has 0 unspecified atom stereocenters. The Labute approximate surface area is 144 Å². The normalized spacial score (nSPS) is 11.9. The van der Waals surface area contributed by atoms with Gasteiger partial charge >= 0.3 is 0 Å². The van der Waals surface area contributed by atoms with Crippen molar-refractivity contribution >= 4 is 28.3 Å². The number of guanidine groups is 1. The molecule has 0 aliphatic heterocycles. The summed E-state index contributed by atoms with van der Waals surface area (Å²) in [5.74, 6) is 1.26. The van der Waals surface area contributed by atoms with Gasteiger partial charge in [0.05, 0.1) is 6.54 Å². The number of benzene rings is 1. The van der Waals surface area contributed by atoms with Crippen LogP contribution in [-0.2, 0) is 13.0 Å². The van der Waals surface area contributed by atoms with Crippen LogP contribution >= 0.6 is 11.3 Å². The number of nitrogens with zero attached hydrogens (tertiary/aromatic N) is 1. The smallest absolute Gasteiger partial charge is 0.191 e. The zero-order valence-electron chi connectivity index (χ0n) is 13.7. The molecule has 1 aromatic carbocycles. The molecule has 0 aliphatic rings. The average molecular weight is 345 g/mol. The second-order valence-electron chi connectivity index (χ2n) is 5.47. The van der Waals surface area contributed by atoms with Crippen LogP contribution in [0.4, 0.5) is 4.39 Å². The molecule has 3 rings (SSSR count). The lowest BCUT2D eigenvalue weighted by atomic mass is 10.1. The Morgan fingerprint density at radius 2 is 2.17 bits per heavy atom. The van der Waals surface area contributed by atoms with E-state index < -0.39 is 0 Å². The highest BCUT2D eigenvalue weighted by atomic mass is 32.1. The molecular formula is C18H20FN3OS. The van der Waals surface area contributed by atoms with Gasteiger partial charge in [0, 0.05) is 29.4 Å². The fourth-order valence-corrected chi connectivity index (χ4v) is 3.26. The number of hydrogen-bond donors (Lipinski definition) is 2. The Morgan fingerprint density at radius 3 is 2.92 bits per heavy atom. The molecule has 2 heterocycles. The van der Waals surface area contributed by atoms with Gasteiger partial charge in [-0.05, 0) is 43.0 Å². The summed E-state index contributed by atoms with van der Waals surface area (Å²) in [5.41, 5.74) is 1.65. The van der Waals surface area contributed by atoms with Crippen LogP contribution in [0.5, 0.6) is 0 Å². The first-order chi connectivity index (χ1) is 11.7. The summed E-state index contributed by atoms with van der Waals surface area (Å²) in [5, 5.41) is 9.41. The predicted octanol–water partition coefficient (Wildman–Crippen LogP) is 3.85. The highest BCUT2D eigenvalue weighted by molar-refractivity contribution is 7.09. The Hall–Kier alpha value is -2.34. The minimum Gasteiger partial charge on any atom is -0.459 e. The molecule has 2 aromatic heterocycles. The van der Waals surface area contributed by atoms with E-state index in [1.165, 1.54) is 17.0 Å². The molecule has 126 valence electrons. The van der Waals surface area contributed by atoms with Gasteiger partial charge in [0.1, 0.15) is 17.2 Å². The van der Waals surface area contributed by atoms with Crippen molar-refractivity contribution in [3.05, 3.63) is 57.7 Å². The summed E-state index contributed by atoms with van der Waals surface area (Å²) >= 11 is 1.75. The number of hydrogen-bond acceptors (Lipinski definition) is 3. The first kappa shape index (κ1) is 16.5. The largest absolute Gasteiger partial charge is 0.459 e. The van der Waals surface area contributed by atoms with Gasteiger partial charge in [-0.25, -0.2) is 4.39 Å². The molecule has 2 N–H and O–H groups in total. The third-order valence-electron chi connectivity index (χ3n) is 3.88. The monoisotopic (exact) mass is 345 g/mol. The van der Waals surface area contributed by atoms with Crippen molar-refractivity contribution in [1.82, 2.24) is 10.6 Å². The Morgan fingerprint density at radius 1 is 1.29 bits per heavy atom. The van der Waals surface area contributed by atoms with Crippen LogP contribution < -0.4 is 10.6 Å². The summed E-state index contributed by atoms with van der Waals surface area (Å²) in [6.07, 6.45) is 0.960. The van der Waals surface area contributed by atoms with Crippen LogP contribution in [-0.4, -0.2) is 19.6 Å². The van der Waals surface area contributed by atoms with Crippen molar-refractivity contribution in [2.75, 3.05) is 13.6 Å². The highest BCUT2D eigenvalue weighted by Crippen LogP contribution is 2.25. The molecule has 0 bridgehead atoms. The molecule has 0 aliphatic carbocycles. The van der Waals surface area contributed by atoms with E-state index >= 15 is 0 Å². The predicted molar refractivity (Wildman–Crippen MR) is 97.1 cm³/mol. The Bertz CT molecular complexity index is 839. The third-order valence-corrected chi connectivity index (χ3v) is 4.82. The zero-order valence-corrected chi connectivity index (χ0v) is 14.5. The van der Waals surface area contributed by atoms with Crippen molar-refractivity contribution in [2.45, 2.75) is 19.9 Å². The molecule has 0 atom stereocenters. The lowest BCUT2D eigenvalue weighted by Gasteiger charge is -2.10. The minimum absolute atomic E-state index is 0.253. The van der Waals surface area contributed by atoms with Crippen molar-refractivity contribution in [1.29, 1.82) is 0 Å². The number of thiophene rings is 1. The summed E-state index contributed by atoms with van der Waals surface area (Å²) in [4.78, 5) is 5.56. The summed E-state index contributed by atoms with van der Waals surface area (Å²) in [6.45, 7) is 3.25. The molecule has 0 fully saturated rings. The highest BCUT2D eigenvalue weighted by Gasteiger charge is 2.11. The van der Waals surface area contributed by atoms with Gasteiger partial charge in [0.15, 0.2) is 5.96 Å². The maximum Gasteiger partial charge on any atom is 0.191 e. The number of fused-ring (bicyclic) bond motifs is 1. The summed E-state index contributed by atoms with van der Waals surface area (Å²) in [7, 11) is 1.74. The number of halogens is 1. The van der Waals surface area contributed by atoms with E-state index in [0.717, 1.165) is 35.6 Å². The standard InChI is InChI=1S/C18H20FN3OS/c1-12-15-10-13(19)5-6-16(15)23-17(12)11-22-18(20-2)21-8-7-14-4-3-9-24-14/h3-6,9-10H,7-8,11H2,1-2H3,(H2,20,21,22). The number of aliphatic imine (C=N–C) groups is 1. The van der Waals surface area contributed by atoms with Crippen LogP contribution in [0, 0.1) is 12.7 Å². The van der Waals surface area contributed by atoms with Gasteiger partial charge in [-0.15, -0.1) is 11.3 Å². The van der Waals surface area contributed by atoms with Crippen LogP contribution in [0.3, 0.4) is 0 Å². The molecule has 0 saturated carbocycles. The SMILES string of the molecule is CN=C(NCCc1cccs1)NCc1oc2ccc(F)cc2c1C.